The second-order valence-electron chi connectivity index (χ2n) is 8.07. The topological polar surface area (TPSA) is 81.4 Å². The van der Waals surface area contributed by atoms with Gasteiger partial charge in [0.1, 0.15) is 11.9 Å². The number of aryl methyl sites for hydroxylation is 1. The maximum atomic E-state index is 12.4. The number of hydrogen-bond acceptors (Lipinski definition) is 6. The number of carbonyl (C=O) groups is 1. The molecule has 7 nitrogen and oxygen atoms in total. The molecule has 1 amide bonds. The van der Waals surface area contributed by atoms with Crippen molar-refractivity contribution in [1.82, 2.24) is 20.0 Å². The average molecular weight is 441 g/mol. The molecule has 2 aromatic carbocycles. The Morgan fingerprint density at radius 2 is 1.82 bits per heavy atom. The SMILES string of the molecule is O=C(CCCc1ccccc1)N1CC(Oc2ccc(-c3noc(-c4cccnc4)n3)cc2)C1. The third-order valence-corrected chi connectivity index (χ3v) is 5.65. The van der Waals surface area contributed by atoms with Crippen molar-refractivity contribution in [3.63, 3.8) is 0 Å². The zero-order chi connectivity index (χ0) is 22.5. The van der Waals surface area contributed by atoms with Gasteiger partial charge in [-0.3, -0.25) is 9.78 Å². The molecule has 2 aromatic heterocycles. The molecule has 0 N–H and O–H groups in total. The first-order valence-electron chi connectivity index (χ1n) is 11.1. The van der Waals surface area contributed by atoms with Crippen LogP contribution in [0.1, 0.15) is 18.4 Å². The average Bonchev–Trinajstić information content (AvgIpc) is 3.33. The maximum absolute atomic E-state index is 12.4. The molecule has 1 aliphatic heterocycles. The summed E-state index contributed by atoms with van der Waals surface area (Å²) in [6.07, 6.45) is 5.77. The highest BCUT2D eigenvalue weighted by atomic mass is 16.5. The number of carbonyl (C=O) groups excluding carboxylic acids is 1. The van der Waals surface area contributed by atoms with Gasteiger partial charge in [-0.05, 0) is 54.8 Å². The normalized spacial score (nSPS) is 13.5. The Balaban J connectivity index is 1.08. The van der Waals surface area contributed by atoms with E-state index in [0.717, 1.165) is 29.7 Å². The van der Waals surface area contributed by atoms with Crippen LogP contribution >= 0.6 is 0 Å². The Labute approximate surface area is 192 Å². The van der Waals surface area contributed by atoms with E-state index in [2.05, 4.69) is 27.3 Å². The predicted octanol–water partition coefficient (Wildman–Crippen LogP) is 4.41. The number of ether oxygens (including phenoxy) is 1. The van der Waals surface area contributed by atoms with Gasteiger partial charge >= 0.3 is 0 Å². The van der Waals surface area contributed by atoms with Gasteiger partial charge in [0.2, 0.25) is 11.7 Å². The summed E-state index contributed by atoms with van der Waals surface area (Å²) in [5, 5.41) is 4.05. The minimum Gasteiger partial charge on any atom is -0.487 e. The van der Waals surface area contributed by atoms with Gasteiger partial charge in [0.05, 0.1) is 18.7 Å². The van der Waals surface area contributed by atoms with E-state index in [9.17, 15) is 4.79 Å². The van der Waals surface area contributed by atoms with Gasteiger partial charge in [-0.25, -0.2) is 0 Å². The number of amides is 1. The van der Waals surface area contributed by atoms with E-state index >= 15 is 0 Å². The monoisotopic (exact) mass is 440 g/mol. The van der Waals surface area contributed by atoms with Gasteiger partial charge in [-0.1, -0.05) is 35.5 Å². The van der Waals surface area contributed by atoms with E-state index in [4.69, 9.17) is 9.26 Å². The number of nitrogens with zero attached hydrogens (tertiary/aromatic N) is 4. The summed E-state index contributed by atoms with van der Waals surface area (Å²) in [5.74, 6) is 1.90. The first-order valence-corrected chi connectivity index (χ1v) is 11.1. The van der Waals surface area contributed by atoms with E-state index in [1.54, 1.807) is 12.4 Å². The minimum absolute atomic E-state index is 0.0243. The third kappa shape index (κ3) is 5.09. The lowest BCUT2D eigenvalue weighted by Gasteiger charge is -2.39. The highest BCUT2D eigenvalue weighted by molar-refractivity contribution is 5.77. The van der Waals surface area contributed by atoms with Crippen LogP contribution < -0.4 is 4.74 Å². The van der Waals surface area contributed by atoms with Crippen molar-refractivity contribution in [1.29, 1.82) is 0 Å². The summed E-state index contributed by atoms with van der Waals surface area (Å²) in [6, 6.07) is 21.5. The smallest absolute Gasteiger partial charge is 0.259 e. The van der Waals surface area contributed by atoms with E-state index in [1.165, 1.54) is 5.56 Å². The lowest BCUT2D eigenvalue weighted by Crippen LogP contribution is -2.56. The molecule has 5 rings (SSSR count). The number of pyridine rings is 1. The zero-order valence-corrected chi connectivity index (χ0v) is 18.1. The van der Waals surface area contributed by atoms with Crippen molar-refractivity contribution in [2.24, 2.45) is 0 Å². The van der Waals surface area contributed by atoms with Crippen LogP contribution in [0.15, 0.2) is 83.6 Å². The van der Waals surface area contributed by atoms with Gasteiger partial charge in [-0.15, -0.1) is 0 Å². The molecule has 0 bridgehead atoms. The fourth-order valence-electron chi connectivity index (χ4n) is 3.79. The number of likely N-dealkylation sites (tertiary alicyclic amines) is 1. The first-order chi connectivity index (χ1) is 16.2. The molecular weight excluding hydrogens is 416 g/mol. The van der Waals surface area contributed by atoms with Gasteiger partial charge in [0.25, 0.3) is 5.89 Å². The van der Waals surface area contributed by atoms with Gasteiger partial charge in [-0.2, -0.15) is 4.98 Å². The van der Waals surface area contributed by atoms with Gasteiger partial charge < -0.3 is 14.2 Å². The summed E-state index contributed by atoms with van der Waals surface area (Å²) in [4.78, 5) is 22.7. The molecule has 0 saturated carbocycles. The lowest BCUT2D eigenvalue weighted by atomic mass is 10.1. The summed E-state index contributed by atoms with van der Waals surface area (Å²) in [5.41, 5.74) is 2.89. The Morgan fingerprint density at radius 3 is 2.58 bits per heavy atom. The van der Waals surface area contributed by atoms with E-state index < -0.39 is 0 Å². The summed E-state index contributed by atoms with van der Waals surface area (Å²) in [7, 11) is 0. The van der Waals surface area contributed by atoms with Crippen LogP contribution in [0.5, 0.6) is 5.75 Å². The van der Waals surface area contributed by atoms with Crippen LogP contribution in [-0.4, -0.2) is 45.1 Å². The minimum atomic E-state index is 0.0243. The Kier molecular flexibility index (Phi) is 6.10. The molecule has 0 spiro atoms. The third-order valence-electron chi connectivity index (χ3n) is 5.65. The van der Waals surface area contributed by atoms with Crippen LogP contribution in [-0.2, 0) is 11.2 Å². The van der Waals surface area contributed by atoms with Crippen molar-refractivity contribution in [2.45, 2.75) is 25.4 Å². The van der Waals surface area contributed by atoms with Crippen molar-refractivity contribution in [3.8, 4) is 28.6 Å². The molecule has 1 saturated heterocycles. The van der Waals surface area contributed by atoms with Crippen molar-refractivity contribution < 1.29 is 14.1 Å². The predicted molar refractivity (Wildman–Crippen MR) is 123 cm³/mol. The second-order valence-corrected chi connectivity index (χ2v) is 8.07. The Bertz CT molecular complexity index is 1190. The van der Waals surface area contributed by atoms with Gasteiger partial charge in [0.15, 0.2) is 0 Å². The molecule has 1 aliphatic rings. The molecule has 4 aromatic rings. The maximum Gasteiger partial charge on any atom is 0.259 e. The van der Waals surface area contributed by atoms with E-state index in [-0.39, 0.29) is 12.0 Å². The zero-order valence-electron chi connectivity index (χ0n) is 18.1. The number of rotatable bonds is 8. The molecule has 0 atom stereocenters. The molecule has 0 radical (unpaired) electrons. The summed E-state index contributed by atoms with van der Waals surface area (Å²) >= 11 is 0. The van der Waals surface area contributed by atoms with Gasteiger partial charge in [0, 0.05) is 24.4 Å². The quantitative estimate of drug-likeness (QED) is 0.404. The largest absolute Gasteiger partial charge is 0.487 e. The van der Waals surface area contributed by atoms with E-state index in [0.29, 0.717) is 31.2 Å². The molecule has 166 valence electrons. The Morgan fingerprint density at radius 1 is 1.00 bits per heavy atom. The molecule has 1 fully saturated rings. The highest BCUT2D eigenvalue weighted by Gasteiger charge is 2.31. The number of benzene rings is 2. The van der Waals surface area contributed by atoms with Crippen LogP contribution in [0.25, 0.3) is 22.8 Å². The Hall–Kier alpha value is -4.00. The van der Waals surface area contributed by atoms with E-state index in [1.807, 2.05) is 59.5 Å². The molecule has 3 heterocycles. The fraction of sp³-hybridized carbons (Fsp3) is 0.231. The fourth-order valence-corrected chi connectivity index (χ4v) is 3.79. The van der Waals surface area contributed by atoms with Crippen LogP contribution in [0, 0.1) is 0 Å². The molecule has 0 unspecified atom stereocenters. The first kappa shape index (κ1) is 20.9. The molecule has 33 heavy (non-hydrogen) atoms. The summed E-state index contributed by atoms with van der Waals surface area (Å²) in [6.45, 7) is 1.26. The second kappa shape index (κ2) is 9.65. The van der Waals surface area contributed by atoms with Crippen molar-refractivity contribution >= 4 is 5.91 Å². The van der Waals surface area contributed by atoms with Crippen LogP contribution in [0.2, 0.25) is 0 Å². The summed E-state index contributed by atoms with van der Waals surface area (Å²) < 4.78 is 11.3. The molecule has 7 heteroatoms. The highest BCUT2D eigenvalue weighted by Crippen LogP contribution is 2.25. The van der Waals surface area contributed by atoms with Crippen molar-refractivity contribution in [2.75, 3.05) is 13.1 Å². The lowest BCUT2D eigenvalue weighted by molar-refractivity contribution is -0.140. The van der Waals surface area contributed by atoms with Crippen molar-refractivity contribution in [3.05, 3.63) is 84.7 Å². The molecule has 0 aliphatic carbocycles. The number of hydrogen-bond donors (Lipinski definition) is 0. The number of aromatic nitrogens is 3. The van der Waals surface area contributed by atoms with Crippen LogP contribution in [0.3, 0.4) is 0 Å². The molecular formula is C26H24N4O3. The standard InChI is InChI=1S/C26H24N4O3/c31-24(10-4-8-19-6-2-1-3-7-19)30-17-23(18-30)32-22-13-11-20(12-14-22)25-28-26(33-29-25)21-9-5-15-27-16-21/h1-3,5-7,9,11-16,23H,4,8,10,17-18H2. The van der Waals surface area contributed by atoms with Crippen LogP contribution in [0.4, 0.5) is 0 Å².